The van der Waals surface area contributed by atoms with Gasteiger partial charge in [0.25, 0.3) is 5.56 Å². The molecule has 2 fully saturated rings. The van der Waals surface area contributed by atoms with Crippen LogP contribution in [0.1, 0.15) is 31.5 Å². The van der Waals surface area contributed by atoms with Gasteiger partial charge in [0.1, 0.15) is 11.6 Å². The number of hydrogen-bond acceptors (Lipinski definition) is 4. The summed E-state index contributed by atoms with van der Waals surface area (Å²) in [5.74, 6) is 0.890. The normalized spacial score (nSPS) is 19.3. The fourth-order valence-corrected chi connectivity index (χ4v) is 4.32. The molecule has 2 aliphatic rings. The molecule has 7 heteroatoms. The molecule has 0 unspecified atom stereocenters. The van der Waals surface area contributed by atoms with E-state index in [0.29, 0.717) is 42.4 Å². The molecule has 0 aliphatic carbocycles. The van der Waals surface area contributed by atoms with Gasteiger partial charge in [-0.2, -0.15) is 0 Å². The molecule has 0 spiro atoms. The van der Waals surface area contributed by atoms with Gasteiger partial charge >= 0.3 is 0 Å². The summed E-state index contributed by atoms with van der Waals surface area (Å²) in [6.45, 7) is 5.20. The number of likely N-dealkylation sites (tertiary alicyclic amines) is 1. The first-order valence-electron chi connectivity index (χ1n) is 10.1. The van der Waals surface area contributed by atoms with Crippen molar-refractivity contribution >= 4 is 16.8 Å². The number of rotatable bonds is 3. The Bertz CT molecular complexity index is 928. The quantitative estimate of drug-likeness (QED) is 0.812. The van der Waals surface area contributed by atoms with Gasteiger partial charge in [0.15, 0.2) is 0 Å². The van der Waals surface area contributed by atoms with Gasteiger partial charge in [0, 0.05) is 44.8 Å². The van der Waals surface area contributed by atoms with Gasteiger partial charge in [0.2, 0.25) is 5.91 Å². The fraction of sp³-hybridized carbons (Fsp3) is 0.571. The lowest BCUT2D eigenvalue weighted by Crippen LogP contribution is -2.44. The predicted molar refractivity (Wildman–Crippen MR) is 104 cm³/mol. The monoisotopic (exact) mass is 387 g/mol. The average molecular weight is 387 g/mol. The molecule has 1 aromatic heterocycles. The van der Waals surface area contributed by atoms with Crippen molar-refractivity contribution in [2.24, 2.45) is 11.8 Å². The number of fused-ring (bicyclic) bond motifs is 1. The van der Waals surface area contributed by atoms with E-state index in [9.17, 15) is 14.0 Å². The molecular weight excluding hydrogens is 361 g/mol. The number of nitrogens with zero attached hydrogens (tertiary/aromatic N) is 3. The van der Waals surface area contributed by atoms with E-state index < -0.39 is 5.82 Å². The Morgan fingerprint density at radius 2 is 1.93 bits per heavy atom. The zero-order valence-electron chi connectivity index (χ0n) is 16.2. The highest BCUT2D eigenvalue weighted by Gasteiger charge is 2.29. The van der Waals surface area contributed by atoms with Crippen LogP contribution >= 0.6 is 0 Å². The molecule has 3 heterocycles. The first-order chi connectivity index (χ1) is 13.5. The first-order valence-corrected chi connectivity index (χ1v) is 10.1. The zero-order chi connectivity index (χ0) is 19.7. The number of piperidine rings is 1. The second-order valence-corrected chi connectivity index (χ2v) is 7.89. The number of halogens is 1. The van der Waals surface area contributed by atoms with Gasteiger partial charge in [-0.25, -0.2) is 9.37 Å². The van der Waals surface area contributed by atoms with Crippen molar-refractivity contribution in [2.45, 2.75) is 39.2 Å². The van der Waals surface area contributed by atoms with Crippen molar-refractivity contribution in [1.82, 2.24) is 14.5 Å². The standard InChI is InChI=1S/C21H26FN3O3/c1-14-23-19-12-17(22)2-3-18(19)21(27)25(14)13-15-4-8-24(9-5-15)20(26)16-6-10-28-11-7-16/h2-3,12,15-16H,4-11,13H2,1H3. The van der Waals surface area contributed by atoms with E-state index in [0.717, 1.165) is 38.8 Å². The number of amides is 1. The third kappa shape index (κ3) is 3.81. The minimum Gasteiger partial charge on any atom is -0.381 e. The Hall–Kier alpha value is -2.28. The molecule has 28 heavy (non-hydrogen) atoms. The maximum absolute atomic E-state index is 13.4. The topological polar surface area (TPSA) is 64.4 Å². The number of aryl methyl sites for hydroxylation is 1. The van der Waals surface area contributed by atoms with E-state index in [1.165, 1.54) is 18.2 Å². The number of carbonyl (C=O) groups excluding carboxylic acids is 1. The predicted octanol–water partition coefficient (Wildman–Crippen LogP) is 2.51. The summed E-state index contributed by atoms with van der Waals surface area (Å²) in [4.78, 5) is 31.9. The molecule has 0 N–H and O–H groups in total. The molecule has 2 aromatic rings. The van der Waals surface area contributed by atoms with Gasteiger partial charge in [-0.3, -0.25) is 14.2 Å². The molecule has 2 aliphatic heterocycles. The summed E-state index contributed by atoms with van der Waals surface area (Å²) >= 11 is 0. The summed E-state index contributed by atoms with van der Waals surface area (Å²) in [6, 6.07) is 4.10. The Labute approximate surface area is 163 Å². The third-order valence-corrected chi connectivity index (χ3v) is 6.05. The van der Waals surface area contributed by atoms with E-state index in [1.807, 2.05) is 4.90 Å². The third-order valence-electron chi connectivity index (χ3n) is 6.05. The van der Waals surface area contributed by atoms with Crippen molar-refractivity contribution in [3.63, 3.8) is 0 Å². The minimum absolute atomic E-state index is 0.0975. The van der Waals surface area contributed by atoms with Crippen LogP contribution in [0.15, 0.2) is 23.0 Å². The highest BCUT2D eigenvalue weighted by molar-refractivity contribution is 5.79. The molecule has 0 atom stereocenters. The second-order valence-electron chi connectivity index (χ2n) is 7.89. The molecule has 0 bridgehead atoms. The van der Waals surface area contributed by atoms with Crippen LogP contribution in [0.2, 0.25) is 0 Å². The van der Waals surface area contributed by atoms with Gasteiger partial charge in [-0.15, -0.1) is 0 Å². The van der Waals surface area contributed by atoms with Gasteiger partial charge in [-0.05, 0) is 50.7 Å². The molecule has 1 aromatic carbocycles. The Morgan fingerprint density at radius 3 is 2.64 bits per heavy atom. The lowest BCUT2D eigenvalue weighted by atomic mass is 9.93. The van der Waals surface area contributed by atoms with Crippen LogP contribution in [-0.2, 0) is 16.1 Å². The van der Waals surface area contributed by atoms with Crippen LogP contribution < -0.4 is 5.56 Å². The van der Waals surface area contributed by atoms with Crippen molar-refractivity contribution in [1.29, 1.82) is 0 Å². The van der Waals surface area contributed by atoms with E-state index in [1.54, 1.807) is 11.5 Å². The number of carbonyl (C=O) groups is 1. The van der Waals surface area contributed by atoms with Gasteiger partial charge < -0.3 is 9.64 Å². The second kappa shape index (κ2) is 7.99. The lowest BCUT2D eigenvalue weighted by molar-refractivity contribution is -0.140. The van der Waals surface area contributed by atoms with E-state index >= 15 is 0 Å². The van der Waals surface area contributed by atoms with Crippen LogP contribution in [0.4, 0.5) is 4.39 Å². The molecule has 1 amide bonds. The zero-order valence-corrected chi connectivity index (χ0v) is 16.2. The Morgan fingerprint density at radius 1 is 1.21 bits per heavy atom. The largest absolute Gasteiger partial charge is 0.381 e. The van der Waals surface area contributed by atoms with Crippen LogP contribution in [0.5, 0.6) is 0 Å². The van der Waals surface area contributed by atoms with Crippen molar-refractivity contribution in [3.8, 4) is 0 Å². The van der Waals surface area contributed by atoms with Crippen LogP contribution in [-0.4, -0.2) is 46.7 Å². The molecule has 0 saturated carbocycles. The highest BCUT2D eigenvalue weighted by Crippen LogP contribution is 2.24. The summed E-state index contributed by atoms with van der Waals surface area (Å²) in [7, 11) is 0. The smallest absolute Gasteiger partial charge is 0.261 e. The summed E-state index contributed by atoms with van der Waals surface area (Å²) in [5, 5.41) is 0.444. The van der Waals surface area contributed by atoms with E-state index in [-0.39, 0.29) is 17.4 Å². The maximum atomic E-state index is 13.4. The van der Waals surface area contributed by atoms with Crippen molar-refractivity contribution < 1.29 is 13.9 Å². The number of hydrogen-bond donors (Lipinski definition) is 0. The average Bonchev–Trinajstić information content (AvgIpc) is 2.71. The summed E-state index contributed by atoms with van der Waals surface area (Å²) in [5.41, 5.74) is 0.277. The number of ether oxygens (including phenoxy) is 1. The molecule has 150 valence electrons. The molecular formula is C21H26FN3O3. The number of benzene rings is 1. The molecule has 2 saturated heterocycles. The summed E-state index contributed by atoms with van der Waals surface area (Å²) in [6.07, 6.45) is 3.39. The fourth-order valence-electron chi connectivity index (χ4n) is 4.32. The lowest BCUT2D eigenvalue weighted by Gasteiger charge is -2.35. The SMILES string of the molecule is Cc1nc2cc(F)ccc2c(=O)n1CC1CCN(C(=O)C2CCOCC2)CC1. The highest BCUT2D eigenvalue weighted by atomic mass is 19.1. The van der Waals surface area contributed by atoms with Gasteiger partial charge in [-0.1, -0.05) is 0 Å². The van der Waals surface area contributed by atoms with E-state index in [4.69, 9.17) is 4.74 Å². The number of aromatic nitrogens is 2. The van der Waals surface area contributed by atoms with Gasteiger partial charge in [0.05, 0.1) is 10.9 Å². The maximum Gasteiger partial charge on any atom is 0.261 e. The molecule has 6 nitrogen and oxygen atoms in total. The summed E-state index contributed by atoms with van der Waals surface area (Å²) < 4.78 is 20.5. The minimum atomic E-state index is -0.391. The van der Waals surface area contributed by atoms with Crippen molar-refractivity contribution in [2.75, 3.05) is 26.3 Å². The van der Waals surface area contributed by atoms with E-state index in [2.05, 4.69) is 4.98 Å². The molecule has 0 radical (unpaired) electrons. The van der Waals surface area contributed by atoms with Crippen molar-refractivity contribution in [3.05, 3.63) is 40.2 Å². The van der Waals surface area contributed by atoms with Crippen LogP contribution in [0, 0.1) is 24.6 Å². The first kappa shape index (κ1) is 19.1. The molecule has 4 rings (SSSR count). The Balaban J connectivity index is 1.43. The Kier molecular flexibility index (Phi) is 5.44. The van der Waals surface area contributed by atoms with Crippen LogP contribution in [0.3, 0.4) is 0 Å². The van der Waals surface area contributed by atoms with Crippen LogP contribution in [0.25, 0.3) is 10.9 Å².